The van der Waals surface area contributed by atoms with Crippen molar-refractivity contribution < 1.29 is 14.3 Å². The van der Waals surface area contributed by atoms with Gasteiger partial charge in [-0.1, -0.05) is 24.3 Å². The molecule has 1 aromatic heterocycles. The van der Waals surface area contributed by atoms with E-state index >= 15 is 0 Å². The average Bonchev–Trinajstić information content (AvgIpc) is 2.72. The summed E-state index contributed by atoms with van der Waals surface area (Å²) in [5.41, 5.74) is 7.57. The van der Waals surface area contributed by atoms with E-state index in [9.17, 15) is 14.4 Å². The molecule has 0 bridgehead atoms. The van der Waals surface area contributed by atoms with E-state index in [2.05, 4.69) is 4.98 Å². The van der Waals surface area contributed by atoms with Crippen LogP contribution < -0.4 is 11.3 Å². The molecule has 0 radical (unpaired) electrons. The van der Waals surface area contributed by atoms with Crippen molar-refractivity contribution in [2.45, 2.75) is 0 Å². The summed E-state index contributed by atoms with van der Waals surface area (Å²) >= 11 is 0. The number of benzene rings is 3. The average molecular weight is 372 g/mol. The molecule has 138 valence electrons. The minimum absolute atomic E-state index is 0.236. The first-order chi connectivity index (χ1) is 13.5. The third-order valence-corrected chi connectivity index (χ3v) is 4.78. The van der Waals surface area contributed by atoms with Crippen molar-refractivity contribution in [3.8, 4) is 11.1 Å². The van der Waals surface area contributed by atoms with Gasteiger partial charge in [0.2, 0.25) is 5.91 Å². The molecule has 0 saturated carbocycles. The zero-order chi connectivity index (χ0) is 19.8. The third kappa shape index (κ3) is 2.81. The molecule has 0 aliphatic rings. The summed E-state index contributed by atoms with van der Waals surface area (Å²) in [6, 6.07) is 15.8. The number of carbonyl (C=O) groups is 2. The number of esters is 1. The van der Waals surface area contributed by atoms with Crippen LogP contribution in [-0.4, -0.2) is 24.0 Å². The van der Waals surface area contributed by atoms with Gasteiger partial charge in [0.1, 0.15) is 0 Å². The van der Waals surface area contributed by atoms with Gasteiger partial charge in [-0.15, -0.1) is 0 Å². The van der Waals surface area contributed by atoms with E-state index < -0.39 is 11.9 Å². The summed E-state index contributed by atoms with van der Waals surface area (Å²) in [4.78, 5) is 38.7. The molecule has 0 spiro atoms. The number of aromatic nitrogens is 1. The molecule has 3 aromatic carbocycles. The van der Waals surface area contributed by atoms with E-state index in [0.717, 1.165) is 11.1 Å². The molecule has 3 N–H and O–H groups in total. The van der Waals surface area contributed by atoms with Crippen molar-refractivity contribution in [1.82, 2.24) is 4.98 Å². The molecule has 28 heavy (non-hydrogen) atoms. The number of rotatable bonds is 3. The monoisotopic (exact) mass is 372 g/mol. The standard InChI is InChI=1S/C22H16N2O4/c1-28-22(27)18-11-15-8-9-24-21(26)19(15)17-10-14(6-7-16(17)18)12-2-4-13(5-3-12)20(23)25/h2-11H,1H3,(H2,23,25)(H,24,26). The molecule has 6 heteroatoms. The molecule has 0 unspecified atom stereocenters. The van der Waals surface area contributed by atoms with E-state index in [1.54, 1.807) is 48.7 Å². The van der Waals surface area contributed by atoms with Crippen LogP contribution in [0.3, 0.4) is 0 Å². The van der Waals surface area contributed by atoms with Crippen LogP contribution in [0.4, 0.5) is 0 Å². The molecule has 0 saturated heterocycles. The smallest absolute Gasteiger partial charge is 0.338 e. The number of pyridine rings is 1. The van der Waals surface area contributed by atoms with Gasteiger partial charge in [0, 0.05) is 11.8 Å². The van der Waals surface area contributed by atoms with Gasteiger partial charge in [0.15, 0.2) is 0 Å². The highest BCUT2D eigenvalue weighted by molar-refractivity contribution is 6.16. The SMILES string of the molecule is COC(=O)c1cc2cc[nH]c(=O)c2c2cc(-c3ccc(C(N)=O)cc3)ccc12. The highest BCUT2D eigenvalue weighted by atomic mass is 16.5. The van der Waals surface area contributed by atoms with Crippen molar-refractivity contribution in [2.75, 3.05) is 7.11 Å². The van der Waals surface area contributed by atoms with Crippen molar-refractivity contribution in [1.29, 1.82) is 0 Å². The van der Waals surface area contributed by atoms with Crippen LogP contribution in [0.5, 0.6) is 0 Å². The fraction of sp³-hybridized carbons (Fsp3) is 0.0455. The van der Waals surface area contributed by atoms with E-state index in [1.165, 1.54) is 7.11 Å². The van der Waals surface area contributed by atoms with Crippen LogP contribution in [0.1, 0.15) is 20.7 Å². The fourth-order valence-electron chi connectivity index (χ4n) is 3.40. The lowest BCUT2D eigenvalue weighted by Gasteiger charge is -2.11. The molecule has 0 atom stereocenters. The van der Waals surface area contributed by atoms with Gasteiger partial charge >= 0.3 is 5.97 Å². The van der Waals surface area contributed by atoms with Crippen molar-refractivity contribution >= 4 is 33.4 Å². The van der Waals surface area contributed by atoms with Gasteiger partial charge in [-0.05, 0) is 57.6 Å². The van der Waals surface area contributed by atoms with Gasteiger partial charge in [-0.2, -0.15) is 0 Å². The minimum atomic E-state index is -0.495. The molecule has 4 rings (SSSR count). The molecule has 1 heterocycles. The first kappa shape index (κ1) is 17.5. The maximum absolute atomic E-state index is 12.5. The highest BCUT2D eigenvalue weighted by Crippen LogP contribution is 2.31. The number of nitrogens with two attached hydrogens (primary N) is 1. The summed E-state index contributed by atoms with van der Waals surface area (Å²) in [6.45, 7) is 0. The predicted octanol–water partition coefficient (Wildman–Crippen LogP) is 3.23. The topological polar surface area (TPSA) is 102 Å². The Kier molecular flexibility index (Phi) is 4.16. The lowest BCUT2D eigenvalue weighted by Crippen LogP contribution is -2.10. The van der Waals surface area contributed by atoms with E-state index in [1.807, 2.05) is 12.1 Å². The number of H-pyrrole nitrogens is 1. The van der Waals surface area contributed by atoms with E-state index in [0.29, 0.717) is 32.7 Å². The maximum atomic E-state index is 12.5. The van der Waals surface area contributed by atoms with E-state index in [4.69, 9.17) is 10.5 Å². The molecular weight excluding hydrogens is 356 g/mol. The zero-order valence-corrected chi connectivity index (χ0v) is 15.0. The summed E-state index contributed by atoms with van der Waals surface area (Å²) in [5.74, 6) is -0.962. The Labute approximate surface area is 159 Å². The van der Waals surface area contributed by atoms with Crippen molar-refractivity contribution in [2.24, 2.45) is 5.73 Å². The summed E-state index contributed by atoms with van der Waals surface area (Å²) in [7, 11) is 1.32. The number of amides is 1. The number of fused-ring (bicyclic) bond motifs is 3. The van der Waals surface area contributed by atoms with Gasteiger partial charge in [-0.3, -0.25) is 9.59 Å². The van der Waals surface area contributed by atoms with Gasteiger partial charge in [0.05, 0.1) is 18.1 Å². The Hall–Kier alpha value is -3.93. The van der Waals surface area contributed by atoms with Gasteiger partial charge in [-0.25, -0.2) is 4.79 Å². The Balaban J connectivity index is 2.02. The molecule has 0 aliphatic heterocycles. The first-order valence-electron chi connectivity index (χ1n) is 8.56. The van der Waals surface area contributed by atoms with E-state index in [-0.39, 0.29) is 5.56 Å². The number of primary amides is 1. The minimum Gasteiger partial charge on any atom is -0.465 e. The largest absolute Gasteiger partial charge is 0.465 e. The second-order valence-electron chi connectivity index (χ2n) is 6.39. The Morgan fingerprint density at radius 3 is 2.32 bits per heavy atom. The van der Waals surface area contributed by atoms with Crippen LogP contribution in [0.25, 0.3) is 32.7 Å². The Morgan fingerprint density at radius 2 is 1.64 bits per heavy atom. The lowest BCUT2D eigenvalue weighted by atomic mass is 9.94. The van der Waals surface area contributed by atoms with Crippen LogP contribution in [0, 0.1) is 0 Å². The summed E-state index contributed by atoms with van der Waals surface area (Å²) in [5, 5.41) is 2.43. The van der Waals surface area contributed by atoms with Crippen molar-refractivity contribution in [3.05, 3.63) is 82.3 Å². The summed E-state index contributed by atoms with van der Waals surface area (Å²) in [6.07, 6.45) is 1.55. The number of methoxy groups -OCH3 is 1. The fourth-order valence-corrected chi connectivity index (χ4v) is 3.40. The predicted molar refractivity (Wildman–Crippen MR) is 107 cm³/mol. The molecule has 6 nitrogen and oxygen atoms in total. The quantitative estimate of drug-likeness (QED) is 0.426. The number of carbonyl (C=O) groups excluding carboxylic acids is 2. The number of nitrogens with one attached hydrogen (secondary N) is 1. The molecular formula is C22H16N2O4. The zero-order valence-electron chi connectivity index (χ0n) is 15.0. The third-order valence-electron chi connectivity index (χ3n) is 4.78. The Morgan fingerprint density at radius 1 is 0.929 bits per heavy atom. The molecule has 4 aromatic rings. The number of aromatic amines is 1. The van der Waals surface area contributed by atoms with Gasteiger partial charge < -0.3 is 15.5 Å². The second-order valence-corrected chi connectivity index (χ2v) is 6.39. The maximum Gasteiger partial charge on any atom is 0.338 e. The molecule has 1 amide bonds. The summed E-state index contributed by atoms with van der Waals surface area (Å²) < 4.78 is 4.91. The lowest BCUT2D eigenvalue weighted by molar-refractivity contribution is 0.0603. The normalized spacial score (nSPS) is 10.9. The molecule has 0 fully saturated rings. The van der Waals surface area contributed by atoms with Crippen LogP contribution in [-0.2, 0) is 4.74 Å². The number of ether oxygens (including phenoxy) is 1. The van der Waals surface area contributed by atoms with Crippen molar-refractivity contribution in [3.63, 3.8) is 0 Å². The first-order valence-corrected chi connectivity index (χ1v) is 8.56. The van der Waals surface area contributed by atoms with Crippen LogP contribution in [0.2, 0.25) is 0 Å². The number of hydrogen-bond donors (Lipinski definition) is 2. The van der Waals surface area contributed by atoms with Crippen LogP contribution >= 0.6 is 0 Å². The van der Waals surface area contributed by atoms with Gasteiger partial charge in [0.25, 0.3) is 5.56 Å². The van der Waals surface area contributed by atoms with Crippen LogP contribution in [0.15, 0.2) is 65.6 Å². The molecule has 0 aliphatic carbocycles. The highest BCUT2D eigenvalue weighted by Gasteiger charge is 2.16. The second kappa shape index (κ2) is 6.66. The Bertz CT molecular complexity index is 1300. The number of hydrogen-bond acceptors (Lipinski definition) is 4.